The van der Waals surface area contributed by atoms with E-state index in [4.69, 9.17) is 10.5 Å². The van der Waals surface area contributed by atoms with E-state index >= 15 is 0 Å². The van der Waals surface area contributed by atoms with Gasteiger partial charge in [0.2, 0.25) is 9.84 Å². The van der Waals surface area contributed by atoms with Crippen LogP contribution >= 0.6 is 0 Å². The van der Waals surface area contributed by atoms with Crippen LogP contribution in [0.1, 0.15) is 29.8 Å². The van der Waals surface area contributed by atoms with Crippen LogP contribution in [-0.2, 0) is 21.0 Å². The van der Waals surface area contributed by atoms with E-state index in [1.165, 1.54) is 24.3 Å². The minimum Gasteiger partial charge on any atom is -0.462 e. The largest absolute Gasteiger partial charge is 0.462 e. The second-order valence-electron chi connectivity index (χ2n) is 5.58. The molecule has 0 amide bonds. The SMILES string of the molecule is CCOC(=O)c1cccc(S(=O)(=O)c2ccc(C[C@@H](C)N)cc2)c1. The fraction of sp³-hybridized carbons (Fsp3) is 0.278. The van der Waals surface area contributed by atoms with E-state index in [9.17, 15) is 13.2 Å². The number of carbonyl (C=O) groups excluding carboxylic acids is 1. The number of hydrogen-bond acceptors (Lipinski definition) is 5. The molecule has 0 heterocycles. The lowest BCUT2D eigenvalue weighted by molar-refractivity contribution is 0.0526. The summed E-state index contributed by atoms with van der Waals surface area (Å²) in [4.78, 5) is 12.0. The van der Waals surface area contributed by atoms with Crippen LogP contribution in [0.5, 0.6) is 0 Å². The van der Waals surface area contributed by atoms with Crippen molar-refractivity contribution in [2.75, 3.05) is 6.61 Å². The maximum absolute atomic E-state index is 12.7. The third kappa shape index (κ3) is 4.21. The molecule has 2 N–H and O–H groups in total. The Morgan fingerprint density at radius 3 is 2.38 bits per heavy atom. The molecule has 0 aromatic heterocycles. The second-order valence-corrected chi connectivity index (χ2v) is 7.53. The first kappa shape index (κ1) is 18.2. The Labute approximate surface area is 142 Å². The van der Waals surface area contributed by atoms with Crippen LogP contribution in [0.25, 0.3) is 0 Å². The van der Waals surface area contributed by atoms with Gasteiger partial charge in [-0.25, -0.2) is 13.2 Å². The van der Waals surface area contributed by atoms with E-state index in [0.29, 0.717) is 6.42 Å². The number of esters is 1. The highest BCUT2D eigenvalue weighted by atomic mass is 32.2. The molecule has 0 fully saturated rings. The van der Waals surface area contributed by atoms with E-state index in [2.05, 4.69) is 0 Å². The van der Waals surface area contributed by atoms with Crippen LogP contribution < -0.4 is 5.73 Å². The Morgan fingerprint density at radius 1 is 1.12 bits per heavy atom. The molecule has 128 valence electrons. The zero-order chi connectivity index (χ0) is 17.7. The molecular weight excluding hydrogens is 326 g/mol. The fourth-order valence-electron chi connectivity index (χ4n) is 2.32. The molecule has 24 heavy (non-hydrogen) atoms. The summed E-state index contributed by atoms with van der Waals surface area (Å²) >= 11 is 0. The Balaban J connectivity index is 2.33. The molecule has 0 aliphatic rings. The minimum atomic E-state index is -3.69. The van der Waals surface area contributed by atoms with E-state index in [-0.39, 0.29) is 28.0 Å². The molecule has 0 spiro atoms. The number of carbonyl (C=O) groups is 1. The Bertz CT molecular complexity index is 811. The van der Waals surface area contributed by atoms with Crippen molar-refractivity contribution < 1.29 is 17.9 Å². The first-order chi connectivity index (χ1) is 11.3. The summed E-state index contributed by atoms with van der Waals surface area (Å²) in [5.74, 6) is -0.540. The van der Waals surface area contributed by atoms with Gasteiger partial charge >= 0.3 is 5.97 Å². The van der Waals surface area contributed by atoms with Crippen molar-refractivity contribution in [2.24, 2.45) is 5.73 Å². The lowest BCUT2D eigenvalue weighted by Crippen LogP contribution is -2.17. The highest BCUT2D eigenvalue weighted by Gasteiger charge is 2.19. The smallest absolute Gasteiger partial charge is 0.338 e. The molecular formula is C18H21NO4S. The Kier molecular flexibility index (Phi) is 5.75. The van der Waals surface area contributed by atoms with E-state index in [0.717, 1.165) is 5.56 Å². The molecule has 1 atom stereocenters. The van der Waals surface area contributed by atoms with Crippen LogP contribution in [0.3, 0.4) is 0 Å². The topological polar surface area (TPSA) is 86.5 Å². The summed E-state index contributed by atoms with van der Waals surface area (Å²) in [6, 6.07) is 12.5. The van der Waals surface area contributed by atoms with Gasteiger partial charge in [-0.2, -0.15) is 0 Å². The summed E-state index contributed by atoms with van der Waals surface area (Å²) in [6.45, 7) is 3.82. The molecule has 0 unspecified atom stereocenters. The third-order valence-electron chi connectivity index (χ3n) is 3.45. The van der Waals surface area contributed by atoms with Gasteiger partial charge in [-0.05, 0) is 56.2 Å². The zero-order valence-electron chi connectivity index (χ0n) is 13.7. The molecule has 0 aliphatic carbocycles. The lowest BCUT2D eigenvalue weighted by atomic mass is 10.1. The molecule has 0 saturated carbocycles. The number of benzene rings is 2. The van der Waals surface area contributed by atoms with Gasteiger partial charge in [0.15, 0.2) is 0 Å². The Hall–Kier alpha value is -2.18. The van der Waals surface area contributed by atoms with Crippen LogP contribution in [0.2, 0.25) is 0 Å². The van der Waals surface area contributed by atoms with Crippen molar-refractivity contribution in [3.05, 3.63) is 59.7 Å². The van der Waals surface area contributed by atoms with Crippen LogP contribution in [0, 0.1) is 0 Å². The predicted octanol–water partition coefficient (Wildman–Crippen LogP) is 2.59. The first-order valence-electron chi connectivity index (χ1n) is 7.71. The molecule has 0 saturated heterocycles. The number of hydrogen-bond donors (Lipinski definition) is 1. The van der Waals surface area contributed by atoms with E-state index < -0.39 is 15.8 Å². The molecule has 0 bridgehead atoms. The fourth-order valence-corrected chi connectivity index (χ4v) is 3.62. The summed E-state index contributed by atoms with van der Waals surface area (Å²) in [5, 5.41) is 0. The van der Waals surface area contributed by atoms with Gasteiger partial charge in [-0.15, -0.1) is 0 Å². The van der Waals surface area contributed by atoms with Crippen molar-refractivity contribution in [1.29, 1.82) is 0 Å². The number of ether oxygens (including phenoxy) is 1. The van der Waals surface area contributed by atoms with Crippen molar-refractivity contribution in [1.82, 2.24) is 0 Å². The van der Waals surface area contributed by atoms with Gasteiger partial charge in [0.1, 0.15) is 0 Å². The van der Waals surface area contributed by atoms with E-state index in [1.807, 2.05) is 6.92 Å². The van der Waals surface area contributed by atoms with Crippen LogP contribution in [0.15, 0.2) is 58.3 Å². The molecule has 0 radical (unpaired) electrons. The molecule has 6 heteroatoms. The second kappa shape index (κ2) is 7.59. The molecule has 5 nitrogen and oxygen atoms in total. The van der Waals surface area contributed by atoms with Gasteiger partial charge in [0, 0.05) is 6.04 Å². The van der Waals surface area contributed by atoms with Crippen LogP contribution in [0.4, 0.5) is 0 Å². The van der Waals surface area contributed by atoms with Crippen molar-refractivity contribution in [3.63, 3.8) is 0 Å². The summed E-state index contributed by atoms with van der Waals surface area (Å²) < 4.78 is 30.4. The molecule has 2 rings (SSSR count). The number of sulfone groups is 1. The summed E-state index contributed by atoms with van der Waals surface area (Å²) in [7, 11) is -3.69. The number of nitrogens with two attached hydrogens (primary N) is 1. The highest BCUT2D eigenvalue weighted by molar-refractivity contribution is 7.91. The predicted molar refractivity (Wildman–Crippen MR) is 91.6 cm³/mol. The highest BCUT2D eigenvalue weighted by Crippen LogP contribution is 2.22. The Morgan fingerprint density at radius 2 is 1.79 bits per heavy atom. The normalized spacial score (nSPS) is 12.6. The summed E-state index contributed by atoms with van der Waals surface area (Å²) in [6.07, 6.45) is 0.679. The molecule has 2 aromatic rings. The first-order valence-corrected chi connectivity index (χ1v) is 9.19. The number of rotatable bonds is 6. The standard InChI is InChI=1S/C18H21NO4S/c1-3-23-18(20)15-5-4-6-17(12-15)24(21,22)16-9-7-14(8-10-16)11-13(2)19/h4-10,12-13H,3,11,19H2,1-2H3/t13-/m1/s1. The zero-order valence-corrected chi connectivity index (χ0v) is 14.5. The van der Waals surface area contributed by atoms with Gasteiger partial charge in [-0.3, -0.25) is 0 Å². The molecule has 0 aliphatic heterocycles. The van der Waals surface area contributed by atoms with Crippen molar-refractivity contribution >= 4 is 15.8 Å². The summed E-state index contributed by atoms with van der Waals surface area (Å²) in [5.41, 5.74) is 6.94. The average Bonchev–Trinajstić information content (AvgIpc) is 2.55. The van der Waals surface area contributed by atoms with Crippen LogP contribution in [-0.4, -0.2) is 27.0 Å². The van der Waals surface area contributed by atoms with Gasteiger partial charge in [0.05, 0.1) is 22.0 Å². The van der Waals surface area contributed by atoms with Gasteiger partial charge in [-0.1, -0.05) is 18.2 Å². The lowest BCUT2D eigenvalue weighted by Gasteiger charge is -2.09. The van der Waals surface area contributed by atoms with Gasteiger partial charge < -0.3 is 10.5 Å². The van der Waals surface area contributed by atoms with Gasteiger partial charge in [0.25, 0.3) is 0 Å². The average molecular weight is 347 g/mol. The third-order valence-corrected chi connectivity index (χ3v) is 5.21. The van der Waals surface area contributed by atoms with Crippen molar-refractivity contribution in [2.45, 2.75) is 36.1 Å². The van der Waals surface area contributed by atoms with Crippen molar-refractivity contribution in [3.8, 4) is 0 Å². The minimum absolute atomic E-state index is 0.00807. The quantitative estimate of drug-likeness (QED) is 0.812. The monoisotopic (exact) mass is 347 g/mol. The molecule has 2 aromatic carbocycles. The maximum Gasteiger partial charge on any atom is 0.338 e. The maximum atomic E-state index is 12.7. The van der Waals surface area contributed by atoms with E-state index in [1.54, 1.807) is 31.2 Å².